The van der Waals surface area contributed by atoms with Gasteiger partial charge in [-0.2, -0.15) is 0 Å². The van der Waals surface area contributed by atoms with Crippen molar-refractivity contribution in [1.29, 1.82) is 0 Å². The van der Waals surface area contributed by atoms with E-state index in [4.69, 9.17) is 0 Å². The highest BCUT2D eigenvalue weighted by Gasteiger charge is 2.26. The monoisotopic (exact) mass is 236 g/mol. The summed E-state index contributed by atoms with van der Waals surface area (Å²) in [6.07, 6.45) is 5.76. The van der Waals surface area contributed by atoms with Crippen molar-refractivity contribution < 1.29 is 0 Å². The van der Waals surface area contributed by atoms with Crippen molar-refractivity contribution in [3.63, 3.8) is 0 Å². The summed E-state index contributed by atoms with van der Waals surface area (Å²) in [5.74, 6) is 0. The zero-order valence-corrected chi connectivity index (χ0v) is 10.9. The molecule has 2 nitrogen and oxygen atoms in total. The summed E-state index contributed by atoms with van der Waals surface area (Å²) in [7, 11) is 0. The van der Waals surface area contributed by atoms with E-state index in [2.05, 4.69) is 55.0 Å². The Hall–Kier alpha value is -1.96. The number of benzene rings is 1. The van der Waals surface area contributed by atoms with Crippen LogP contribution in [0, 0.1) is 6.92 Å². The van der Waals surface area contributed by atoms with Crippen LogP contribution in [0.4, 0.5) is 5.69 Å². The maximum absolute atomic E-state index is 4.53. The van der Waals surface area contributed by atoms with Crippen molar-refractivity contribution >= 4 is 11.9 Å². The molecule has 0 atom stereocenters. The molecule has 1 aromatic carbocycles. The number of aromatic nitrogens is 1. The molecule has 0 unspecified atom stereocenters. The number of pyridine rings is 1. The number of rotatable bonds is 1. The minimum atomic E-state index is 0.0567. The summed E-state index contributed by atoms with van der Waals surface area (Å²) in [6.45, 7) is 6.47. The molecule has 0 spiro atoms. The summed E-state index contributed by atoms with van der Waals surface area (Å²) >= 11 is 0. The molecule has 1 aliphatic rings. The Labute approximate surface area is 107 Å². The number of aryl methyl sites for hydroxylation is 1. The van der Waals surface area contributed by atoms with Gasteiger partial charge in [0.05, 0.1) is 5.69 Å². The van der Waals surface area contributed by atoms with E-state index in [1.165, 1.54) is 22.3 Å². The quantitative estimate of drug-likeness (QED) is 0.733. The molecule has 2 heteroatoms. The summed E-state index contributed by atoms with van der Waals surface area (Å²) in [5.41, 5.74) is 6.09. The molecule has 0 saturated heterocycles. The average molecular weight is 236 g/mol. The van der Waals surface area contributed by atoms with Crippen LogP contribution in [-0.4, -0.2) is 11.2 Å². The maximum atomic E-state index is 4.53. The Balaban J connectivity index is 2.13. The van der Waals surface area contributed by atoms with Gasteiger partial charge in [-0.15, -0.1) is 0 Å². The average Bonchev–Trinajstić information content (AvgIpc) is 2.66. The van der Waals surface area contributed by atoms with Gasteiger partial charge in [0, 0.05) is 24.0 Å². The van der Waals surface area contributed by atoms with Gasteiger partial charge in [-0.25, -0.2) is 0 Å². The van der Waals surface area contributed by atoms with Gasteiger partial charge in [0.15, 0.2) is 0 Å². The lowest BCUT2D eigenvalue weighted by Crippen LogP contribution is -2.14. The molecule has 0 bridgehead atoms. The minimum Gasteiger partial charge on any atom is -0.264 e. The summed E-state index contributed by atoms with van der Waals surface area (Å²) in [4.78, 5) is 8.66. The Kier molecular flexibility index (Phi) is 2.34. The molecule has 18 heavy (non-hydrogen) atoms. The first-order chi connectivity index (χ1) is 8.58. The fourth-order valence-electron chi connectivity index (χ4n) is 2.45. The lowest BCUT2D eigenvalue weighted by molar-refractivity contribution is 0.753. The lowest BCUT2D eigenvalue weighted by Gasteiger charge is -2.16. The van der Waals surface area contributed by atoms with Gasteiger partial charge in [-0.1, -0.05) is 26.0 Å². The highest BCUT2D eigenvalue weighted by molar-refractivity contribution is 5.86. The van der Waals surface area contributed by atoms with Crippen LogP contribution in [0.3, 0.4) is 0 Å². The standard InChI is InChI=1S/C16H16N2/c1-11-9-17-7-6-13(11)12-4-5-14-15(8-12)18-10-16(14,2)3/h4-10H,1-3H3. The van der Waals surface area contributed by atoms with Crippen LogP contribution in [0.25, 0.3) is 11.1 Å². The molecule has 0 N–H and O–H groups in total. The maximum Gasteiger partial charge on any atom is 0.0673 e. The van der Waals surface area contributed by atoms with E-state index in [0.717, 1.165) is 5.69 Å². The van der Waals surface area contributed by atoms with Crippen molar-refractivity contribution in [2.45, 2.75) is 26.2 Å². The van der Waals surface area contributed by atoms with Crippen LogP contribution in [0.2, 0.25) is 0 Å². The van der Waals surface area contributed by atoms with E-state index in [9.17, 15) is 0 Å². The molecule has 0 saturated carbocycles. The fourth-order valence-corrected chi connectivity index (χ4v) is 2.45. The Morgan fingerprint density at radius 3 is 2.72 bits per heavy atom. The Morgan fingerprint density at radius 1 is 1.11 bits per heavy atom. The van der Waals surface area contributed by atoms with E-state index in [1.54, 1.807) is 0 Å². The third-order valence-electron chi connectivity index (χ3n) is 3.55. The lowest BCUT2D eigenvalue weighted by atomic mass is 9.86. The smallest absolute Gasteiger partial charge is 0.0673 e. The normalized spacial score (nSPS) is 15.7. The van der Waals surface area contributed by atoms with Crippen molar-refractivity contribution in [3.8, 4) is 11.1 Å². The zero-order chi connectivity index (χ0) is 12.8. The molecule has 0 radical (unpaired) electrons. The molecule has 1 aliphatic heterocycles. The summed E-state index contributed by atoms with van der Waals surface area (Å²) in [6, 6.07) is 8.60. The van der Waals surface area contributed by atoms with Gasteiger partial charge >= 0.3 is 0 Å². The van der Waals surface area contributed by atoms with Gasteiger partial charge < -0.3 is 0 Å². The van der Waals surface area contributed by atoms with Gasteiger partial charge in [0.2, 0.25) is 0 Å². The number of hydrogen-bond donors (Lipinski definition) is 0. The molecule has 3 rings (SSSR count). The van der Waals surface area contributed by atoms with E-state index in [0.29, 0.717) is 0 Å². The largest absolute Gasteiger partial charge is 0.264 e. The molecule has 0 amide bonds. The third-order valence-corrected chi connectivity index (χ3v) is 3.55. The molecule has 90 valence electrons. The second-order valence-corrected chi connectivity index (χ2v) is 5.40. The Morgan fingerprint density at radius 2 is 1.94 bits per heavy atom. The van der Waals surface area contributed by atoms with Crippen molar-refractivity contribution in [3.05, 3.63) is 47.8 Å². The molecule has 2 aromatic rings. The van der Waals surface area contributed by atoms with Crippen molar-refractivity contribution in [2.24, 2.45) is 4.99 Å². The van der Waals surface area contributed by atoms with Crippen LogP contribution in [0.1, 0.15) is 25.0 Å². The molecular formula is C16H16N2. The summed E-state index contributed by atoms with van der Waals surface area (Å²) < 4.78 is 0. The van der Waals surface area contributed by atoms with Gasteiger partial charge in [-0.05, 0) is 41.3 Å². The van der Waals surface area contributed by atoms with E-state index >= 15 is 0 Å². The molecule has 0 fully saturated rings. The number of hydrogen-bond acceptors (Lipinski definition) is 2. The van der Waals surface area contributed by atoms with Crippen LogP contribution in [0.5, 0.6) is 0 Å². The molecule has 1 aromatic heterocycles. The third kappa shape index (κ3) is 1.65. The number of aliphatic imine (C=N–C) groups is 1. The first-order valence-electron chi connectivity index (χ1n) is 6.19. The number of fused-ring (bicyclic) bond motifs is 1. The van der Waals surface area contributed by atoms with Crippen molar-refractivity contribution in [1.82, 2.24) is 4.98 Å². The van der Waals surface area contributed by atoms with E-state index < -0.39 is 0 Å². The Bertz CT molecular complexity index is 639. The number of nitrogens with zero attached hydrogens (tertiary/aromatic N) is 2. The predicted octanol–water partition coefficient (Wildman–Crippen LogP) is 4.05. The van der Waals surface area contributed by atoms with Crippen LogP contribution in [0.15, 0.2) is 41.7 Å². The zero-order valence-electron chi connectivity index (χ0n) is 10.9. The first kappa shape index (κ1) is 11.1. The van der Waals surface area contributed by atoms with Crippen LogP contribution in [-0.2, 0) is 5.41 Å². The molecular weight excluding hydrogens is 220 g/mol. The first-order valence-corrected chi connectivity index (χ1v) is 6.19. The highest BCUT2D eigenvalue weighted by atomic mass is 14.8. The molecule has 0 aliphatic carbocycles. The van der Waals surface area contributed by atoms with Crippen molar-refractivity contribution in [2.75, 3.05) is 0 Å². The van der Waals surface area contributed by atoms with E-state index in [1.807, 2.05) is 18.6 Å². The van der Waals surface area contributed by atoms with Gasteiger partial charge in [-0.3, -0.25) is 9.98 Å². The topological polar surface area (TPSA) is 25.2 Å². The molecule has 2 heterocycles. The second kappa shape index (κ2) is 3.77. The van der Waals surface area contributed by atoms with Crippen LogP contribution < -0.4 is 0 Å². The van der Waals surface area contributed by atoms with E-state index in [-0.39, 0.29) is 5.41 Å². The highest BCUT2D eigenvalue weighted by Crippen LogP contribution is 2.39. The second-order valence-electron chi connectivity index (χ2n) is 5.40. The summed E-state index contributed by atoms with van der Waals surface area (Å²) in [5, 5.41) is 0. The van der Waals surface area contributed by atoms with Gasteiger partial charge in [0.1, 0.15) is 0 Å². The minimum absolute atomic E-state index is 0.0567. The fraction of sp³-hybridized carbons (Fsp3) is 0.250. The van der Waals surface area contributed by atoms with Crippen LogP contribution >= 0.6 is 0 Å². The predicted molar refractivity (Wildman–Crippen MR) is 75.6 cm³/mol. The SMILES string of the molecule is Cc1cnccc1-c1ccc2c(c1)N=CC2(C)C. The van der Waals surface area contributed by atoms with Gasteiger partial charge in [0.25, 0.3) is 0 Å².